The maximum Gasteiger partial charge on any atom is 0.328 e. The Morgan fingerprint density at radius 1 is 1.05 bits per heavy atom. The number of benzene rings is 1. The lowest BCUT2D eigenvalue weighted by Crippen LogP contribution is -2.32. The van der Waals surface area contributed by atoms with Crippen molar-refractivity contribution in [3.63, 3.8) is 0 Å². The van der Waals surface area contributed by atoms with E-state index < -0.39 is 23.6 Å². The molecule has 0 saturated heterocycles. The lowest BCUT2D eigenvalue weighted by atomic mass is 10.0. The van der Waals surface area contributed by atoms with Gasteiger partial charge in [-0.05, 0) is 23.8 Å². The molecule has 0 saturated carbocycles. The largest absolute Gasteiger partial charge is 0.497 e. The second kappa shape index (κ2) is 7.84. The van der Waals surface area contributed by atoms with E-state index in [1.54, 1.807) is 24.3 Å². The first-order valence-electron chi connectivity index (χ1n) is 6.05. The number of carbonyl (C=O) groups excluding carboxylic acids is 3. The van der Waals surface area contributed by atoms with Crippen LogP contribution in [0.5, 0.6) is 5.75 Å². The van der Waals surface area contributed by atoms with Gasteiger partial charge in [-0.1, -0.05) is 18.2 Å². The average molecular weight is 292 g/mol. The van der Waals surface area contributed by atoms with Gasteiger partial charge in [-0.3, -0.25) is 14.4 Å². The molecule has 1 aromatic rings. The van der Waals surface area contributed by atoms with E-state index in [2.05, 4.69) is 9.47 Å². The number of rotatable bonds is 6. The summed E-state index contributed by atoms with van der Waals surface area (Å²) >= 11 is 0. The van der Waals surface area contributed by atoms with Crippen LogP contribution in [-0.4, -0.2) is 39.1 Å². The summed E-state index contributed by atoms with van der Waals surface area (Å²) in [6.07, 6.45) is 2.61. The maximum absolute atomic E-state index is 12.0. The molecule has 0 aliphatic rings. The van der Waals surface area contributed by atoms with Gasteiger partial charge in [0, 0.05) is 0 Å². The van der Waals surface area contributed by atoms with Crippen molar-refractivity contribution in [3.8, 4) is 5.75 Å². The van der Waals surface area contributed by atoms with Gasteiger partial charge in [0.1, 0.15) is 5.75 Å². The molecule has 0 fully saturated rings. The predicted octanol–water partition coefficient (Wildman–Crippen LogP) is 1.24. The molecule has 0 aliphatic heterocycles. The Kier molecular flexibility index (Phi) is 6.13. The Labute approximate surface area is 122 Å². The van der Waals surface area contributed by atoms with Crippen LogP contribution < -0.4 is 4.74 Å². The van der Waals surface area contributed by atoms with Gasteiger partial charge in [0.05, 0.1) is 21.3 Å². The monoisotopic (exact) mass is 292 g/mol. The van der Waals surface area contributed by atoms with E-state index in [0.29, 0.717) is 11.3 Å². The fourth-order valence-corrected chi connectivity index (χ4v) is 1.58. The van der Waals surface area contributed by atoms with E-state index in [1.807, 2.05) is 0 Å². The minimum absolute atomic E-state index is 0.627. The maximum atomic E-state index is 12.0. The zero-order valence-electron chi connectivity index (χ0n) is 12.0. The van der Waals surface area contributed by atoms with Gasteiger partial charge in [0.2, 0.25) is 5.92 Å². The van der Waals surface area contributed by atoms with E-state index >= 15 is 0 Å². The highest BCUT2D eigenvalue weighted by Gasteiger charge is 2.34. The third-order valence-electron chi connectivity index (χ3n) is 2.69. The standard InChI is InChI=1S/C15H16O6/c1-19-11-6-4-5-10(9-11)7-8-12(16)13(14(17)20-2)15(18)21-3/h4-9,13H,1-3H3. The highest BCUT2D eigenvalue weighted by Crippen LogP contribution is 2.14. The predicted molar refractivity (Wildman–Crippen MR) is 74.6 cm³/mol. The summed E-state index contributed by atoms with van der Waals surface area (Å²) in [5.74, 6) is -3.61. The summed E-state index contributed by atoms with van der Waals surface area (Å²) in [5.41, 5.74) is 0.691. The van der Waals surface area contributed by atoms with Crippen molar-refractivity contribution in [3.05, 3.63) is 35.9 Å². The van der Waals surface area contributed by atoms with Crippen molar-refractivity contribution in [2.24, 2.45) is 5.92 Å². The van der Waals surface area contributed by atoms with Crippen LogP contribution in [0.1, 0.15) is 5.56 Å². The first-order valence-corrected chi connectivity index (χ1v) is 6.05. The molecule has 0 aliphatic carbocycles. The molecule has 0 unspecified atom stereocenters. The summed E-state index contributed by atoms with van der Waals surface area (Å²) in [6, 6.07) is 6.96. The molecule has 0 N–H and O–H groups in total. The summed E-state index contributed by atoms with van der Waals surface area (Å²) < 4.78 is 13.9. The molecule has 0 heterocycles. The molecule has 0 amide bonds. The second-order valence-electron chi connectivity index (χ2n) is 3.99. The van der Waals surface area contributed by atoms with Crippen molar-refractivity contribution in [1.29, 1.82) is 0 Å². The molecule has 6 nitrogen and oxygen atoms in total. The highest BCUT2D eigenvalue weighted by atomic mass is 16.5. The van der Waals surface area contributed by atoms with Crippen LogP contribution in [0.2, 0.25) is 0 Å². The van der Waals surface area contributed by atoms with E-state index in [1.165, 1.54) is 13.2 Å². The number of hydrogen-bond donors (Lipinski definition) is 0. The number of allylic oxidation sites excluding steroid dienone is 1. The third-order valence-corrected chi connectivity index (χ3v) is 2.69. The Balaban J connectivity index is 2.92. The average Bonchev–Trinajstić information content (AvgIpc) is 2.52. The second-order valence-corrected chi connectivity index (χ2v) is 3.99. The number of hydrogen-bond acceptors (Lipinski definition) is 6. The highest BCUT2D eigenvalue weighted by molar-refractivity contribution is 6.19. The number of ether oxygens (including phenoxy) is 3. The normalized spacial score (nSPS) is 10.5. The van der Waals surface area contributed by atoms with Gasteiger partial charge in [-0.25, -0.2) is 0 Å². The number of ketones is 1. The zero-order chi connectivity index (χ0) is 15.8. The van der Waals surface area contributed by atoms with Crippen molar-refractivity contribution in [2.75, 3.05) is 21.3 Å². The van der Waals surface area contributed by atoms with Crippen LogP contribution in [0.25, 0.3) is 6.08 Å². The van der Waals surface area contributed by atoms with E-state index in [4.69, 9.17) is 4.74 Å². The Hall–Kier alpha value is -2.63. The molecule has 0 radical (unpaired) electrons. The first-order chi connectivity index (χ1) is 10.0. The zero-order valence-corrected chi connectivity index (χ0v) is 12.0. The minimum atomic E-state index is -1.61. The van der Waals surface area contributed by atoms with Crippen LogP contribution in [0, 0.1) is 5.92 Å². The summed E-state index contributed by atoms with van der Waals surface area (Å²) in [4.78, 5) is 34.9. The van der Waals surface area contributed by atoms with Gasteiger partial charge in [0.15, 0.2) is 5.78 Å². The van der Waals surface area contributed by atoms with E-state index in [0.717, 1.165) is 20.3 Å². The fourth-order valence-electron chi connectivity index (χ4n) is 1.58. The molecule has 112 valence electrons. The fraction of sp³-hybridized carbons (Fsp3) is 0.267. The molecule has 0 spiro atoms. The first kappa shape index (κ1) is 16.4. The van der Waals surface area contributed by atoms with Crippen molar-refractivity contribution >= 4 is 23.8 Å². The van der Waals surface area contributed by atoms with Crippen LogP contribution >= 0.6 is 0 Å². The Bertz CT molecular complexity index is 545. The molecular formula is C15H16O6. The Morgan fingerprint density at radius 3 is 2.19 bits per heavy atom. The van der Waals surface area contributed by atoms with Crippen molar-refractivity contribution < 1.29 is 28.6 Å². The summed E-state index contributed by atoms with van der Waals surface area (Å²) in [7, 11) is 3.72. The van der Waals surface area contributed by atoms with Crippen LogP contribution in [-0.2, 0) is 23.9 Å². The SMILES string of the molecule is COC(=O)C(C(=O)C=Cc1cccc(OC)c1)C(=O)OC. The molecule has 0 bridgehead atoms. The summed E-state index contributed by atoms with van der Waals surface area (Å²) in [6.45, 7) is 0. The molecule has 1 rings (SSSR count). The van der Waals surface area contributed by atoms with E-state index in [-0.39, 0.29) is 0 Å². The molecule has 0 atom stereocenters. The molecular weight excluding hydrogens is 276 g/mol. The third kappa shape index (κ3) is 4.45. The van der Waals surface area contributed by atoms with Gasteiger partial charge in [-0.15, -0.1) is 0 Å². The minimum Gasteiger partial charge on any atom is -0.497 e. The van der Waals surface area contributed by atoms with Crippen LogP contribution in [0.4, 0.5) is 0 Å². The Morgan fingerprint density at radius 2 is 1.67 bits per heavy atom. The molecule has 21 heavy (non-hydrogen) atoms. The molecule has 0 aromatic heterocycles. The van der Waals surface area contributed by atoms with Crippen LogP contribution in [0.15, 0.2) is 30.3 Å². The van der Waals surface area contributed by atoms with Gasteiger partial charge in [-0.2, -0.15) is 0 Å². The van der Waals surface area contributed by atoms with Crippen LogP contribution in [0.3, 0.4) is 0 Å². The molecule has 1 aromatic carbocycles. The van der Waals surface area contributed by atoms with Crippen molar-refractivity contribution in [1.82, 2.24) is 0 Å². The van der Waals surface area contributed by atoms with Gasteiger partial charge < -0.3 is 14.2 Å². The van der Waals surface area contributed by atoms with E-state index in [9.17, 15) is 14.4 Å². The quantitative estimate of drug-likeness (QED) is 0.446. The van der Waals surface area contributed by atoms with Gasteiger partial charge in [0.25, 0.3) is 0 Å². The molecule has 6 heteroatoms. The topological polar surface area (TPSA) is 78.9 Å². The number of carbonyl (C=O) groups is 3. The van der Waals surface area contributed by atoms with Gasteiger partial charge >= 0.3 is 11.9 Å². The lowest BCUT2D eigenvalue weighted by molar-refractivity contribution is -0.160. The smallest absolute Gasteiger partial charge is 0.328 e. The summed E-state index contributed by atoms with van der Waals surface area (Å²) in [5, 5.41) is 0. The van der Waals surface area contributed by atoms with Crippen molar-refractivity contribution in [2.45, 2.75) is 0 Å². The number of methoxy groups -OCH3 is 3. The number of esters is 2. The lowest BCUT2D eigenvalue weighted by Gasteiger charge is -2.08.